The van der Waals surface area contributed by atoms with E-state index in [4.69, 9.17) is 0 Å². The van der Waals surface area contributed by atoms with Gasteiger partial charge >= 0.3 is 0 Å². The molecule has 4 heteroatoms. The number of carbonyl (C=O) groups is 3. The van der Waals surface area contributed by atoms with Gasteiger partial charge in [0.25, 0.3) is 0 Å². The van der Waals surface area contributed by atoms with Crippen LogP contribution in [0.2, 0.25) is 0 Å². The van der Waals surface area contributed by atoms with Crippen molar-refractivity contribution in [3.63, 3.8) is 0 Å². The van der Waals surface area contributed by atoms with Gasteiger partial charge in [-0.15, -0.1) is 0 Å². The van der Waals surface area contributed by atoms with Crippen molar-refractivity contribution < 1.29 is 14.4 Å². The second-order valence-corrected chi connectivity index (χ2v) is 6.87. The molecule has 2 atom stereocenters. The lowest BCUT2D eigenvalue weighted by atomic mass is 9.80. The zero-order valence-electron chi connectivity index (χ0n) is 12.9. The van der Waals surface area contributed by atoms with Gasteiger partial charge in [0, 0.05) is 23.6 Å². The number of aromatic nitrogens is 1. The summed E-state index contributed by atoms with van der Waals surface area (Å²) in [7, 11) is 0. The van der Waals surface area contributed by atoms with E-state index in [1.807, 2.05) is 18.4 Å². The van der Waals surface area contributed by atoms with Crippen LogP contribution >= 0.6 is 0 Å². The maximum atomic E-state index is 12.9. The van der Waals surface area contributed by atoms with E-state index in [1.165, 1.54) is 12.2 Å². The SMILES string of the molecule is CC(C)n1c2c(c3c1C1CCCCC1C3=O)C(=O)C=CC2=O. The molecule has 1 fully saturated rings. The number of carbonyl (C=O) groups excluding carboxylic acids is 3. The molecule has 114 valence electrons. The number of fused-ring (bicyclic) bond motifs is 5. The Morgan fingerprint density at radius 2 is 1.59 bits per heavy atom. The van der Waals surface area contributed by atoms with Crippen molar-refractivity contribution in [3.8, 4) is 0 Å². The van der Waals surface area contributed by atoms with Gasteiger partial charge in [-0.2, -0.15) is 0 Å². The van der Waals surface area contributed by atoms with Gasteiger partial charge in [-0.05, 0) is 38.8 Å². The first kappa shape index (κ1) is 13.7. The maximum Gasteiger partial charge on any atom is 0.203 e. The van der Waals surface area contributed by atoms with E-state index in [-0.39, 0.29) is 35.2 Å². The summed E-state index contributed by atoms with van der Waals surface area (Å²) in [6.45, 7) is 4.02. The topological polar surface area (TPSA) is 56.1 Å². The third kappa shape index (κ3) is 1.55. The third-order valence-electron chi connectivity index (χ3n) is 5.33. The molecule has 0 spiro atoms. The molecule has 22 heavy (non-hydrogen) atoms. The van der Waals surface area contributed by atoms with Crippen LogP contribution in [0.1, 0.15) is 88.4 Å². The molecule has 1 aromatic heterocycles. The van der Waals surface area contributed by atoms with E-state index in [1.54, 1.807) is 0 Å². The monoisotopic (exact) mass is 297 g/mol. The van der Waals surface area contributed by atoms with Crippen molar-refractivity contribution in [1.82, 2.24) is 4.57 Å². The molecule has 0 bridgehead atoms. The second kappa shape index (κ2) is 4.51. The van der Waals surface area contributed by atoms with E-state index >= 15 is 0 Å². The molecule has 0 aliphatic heterocycles. The number of rotatable bonds is 1. The highest BCUT2D eigenvalue weighted by molar-refractivity contribution is 6.26. The Bertz CT molecular complexity index is 751. The van der Waals surface area contributed by atoms with Crippen LogP contribution in [0.15, 0.2) is 12.2 Å². The normalized spacial score (nSPS) is 26.4. The smallest absolute Gasteiger partial charge is 0.203 e. The van der Waals surface area contributed by atoms with Crippen molar-refractivity contribution in [2.24, 2.45) is 5.92 Å². The second-order valence-electron chi connectivity index (χ2n) is 6.87. The average molecular weight is 297 g/mol. The number of Topliss-reactive ketones (excluding diaryl/α,β-unsaturated/α-hetero) is 1. The molecule has 2 unspecified atom stereocenters. The highest BCUT2D eigenvalue weighted by atomic mass is 16.1. The number of ketones is 3. The molecular weight excluding hydrogens is 278 g/mol. The molecule has 1 aromatic rings. The molecular formula is C18H19NO3. The Morgan fingerprint density at radius 1 is 0.955 bits per heavy atom. The Kier molecular flexibility index (Phi) is 2.80. The Labute approximate surface area is 129 Å². The lowest BCUT2D eigenvalue weighted by Crippen LogP contribution is -2.24. The summed E-state index contributed by atoms with van der Waals surface area (Å²) in [5.41, 5.74) is 2.32. The fourth-order valence-corrected chi connectivity index (χ4v) is 4.51. The summed E-state index contributed by atoms with van der Waals surface area (Å²) in [6, 6.07) is 0.0641. The molecule has 1 heterocycles. The molecule has 4 rings (SSSR count). The van der Waals surface area contributed by atoms with Crippen molar-refractivity contribution >= 4 is 17.3 Å². The van der Waals surface area contributed by atoms with Crippen LogP contribution in [0.25, 0.3) is 0 Å². The fraction of sp³-hybridized carbons (Fsp3) is 0.500. The number of nitrogens with zero attached hydrogens (tertiary/aromatic N) is 1. The van der Waals surface area contributed by atoms with Gasteiger partial charge in [-0.25, -0.2) is 0 Å². The first-order valence-corrected chi connectivity index (χ1v) is 8.11. The van der Waals surface area contributed by atoms with Crippen molar-refractivity contribution in [1.29, 1.82) is 0 Å². The minimum absolute atomic E-state index is 0.0165. The lowest BCUT2D eigenvalue weighted by molar-refractivity contribution is 0.0889. The lowest BCUT2D eigenvalue weighted by Gasteiger charge is -2.28. The van der Waals surface area contributed by atoms with Gasteiger partial charge in [0.2, 0.25) is 5.78 Å². The average Bonchev–Trinajstić information content (AvgIpc) is 2.99. The van der Waals surface area contributed by atoms with Gasteiger partial charge in [0.1, 0.15) is 5.69 Å². The Hall–Kier alpha value is -1.97. The van der Waals surface area contributed by atoms with Crippen LogP contribution in [-0.2, 0) is 0 Å². The third-order valence-corrected chi connectivity index (χ3v) is 5.33. The zero-order chi connectivity index (χ0) is 15.6. The van der Waals surface area contributed by atoms with Crippen LogP contribution in [-0.4, -0.2) is 21.9 Å². The van der Waals surface area contributed by atoms with E-state index < -0.39 is 0 Å². The van der Waals surface area contributed by atoms with Crippen molar-refractivity contribution in [2.45, 2.75) is 51.5 Å². The minimum atomic E-state index is -0.197. The fourth-order valence-electron chi connectivity index (χ4n) is 4.51. The standard InChI is InChI=1S/C18H19NO3/c1-9(2)19-16-10-5-3-4-6-11(10)18(22)15(16)14-12(20)7-8-13(21)17(14)19/h7-11H,3-6H2,1-2H3. The Morgan fingerprint density at radius 3 is 2.27 bits per heavy atom. The summed E-state index contributed by atoms with van der Waals surface area (Å²) in [4.78, 5) is 37.6. The maximum absolute atomic E-state index is 12.9. The van der Waals surface area contributed by atoms with Crippen LogP contribution < -0.4 is 0 Å². The molecule has 3 aliphatic carbocycles. The summed E-state index contributed by atoms with van der Waals surface area (Å²) in [6.07, 6.45) is 6.72. The molecule has 0 N–H and O–H groups in total. The minimum Gasteiger partial charge on any atom is -0.338 e. The van der Waals surface area contributed by atoms with Crippen LogP contribution in [0.4, 0.5) is 0 Å². The van der Waals surface area contributed by atoms with Gasteiger partial charge in [-0.1, -0.05) is 12.8 Å². The van der Waals surface area contributed by atoms with Gasteiger partial charge < -0.3 is 4.57 Å². The van der Waals surface area contributed by atoms with Gasteiger partial charge in [0.05, 0.1) is 11.1 Å². The van der Waals surface area contributed by atoms with Gasteiger partial charge in [0.15, 0.2) is 11.6 Å². The van der Waals surface area contributed by atoms with Crippen molar-refractivity contribution in [3.05, 3.63) is 34.7 Å². The molecule has 4 nitrogen and oxygen atoms in total. The first-order valence-electron chi connectivity index (χ1n) is 8.11. The number of allylic oxidation sites excluding steroid dienone is 2. The zero-order valence-corrected chi connectivity index (χ0v) is 12.9. The molecule has 3 aliphatic rings. The van der Waals surface area contributed by atoms with Crippen LogP contribution in [0.5, 0.6) is 0 Å². The predicted octanol–water partition coefficient (Wildman–Crippen LogP) is 3.47. The number of hydrogen-bond acceptors (Lipinski definition) is 3. The molecule has 0 saturated heterocycles. The Balaban J connectivity index is 2.05. The summed E-state index contributed by atoms with van der Waals surface area (Å²) >= 11 is 0. The summed E-state index contributed by atoms with van der Waals surface area (Å²) in [5, 5.41) is 0. The van der Waals surface area contributed by atoms with E-state index in [0.29, 0.717) is 16.8 Å². The van der Waals surface area contributed by atoms with E-state index in [9.17, 15) is 14.4 Å². The van der Waals surface area contributed by atoms with E-state index in [2.05, 4.69) is 0 Å². The van der Waals surface area contributed by atoms with Crippen LogP contribution in [0.3, 0.4) is 0 Å². The molecule has 0 radical (unpaired) electrons. The van der Waals surface area contributed by atoms with Crippen LogP contribution in [0, 0.1) is 5.92 Å². The predicted molar refractivity (Wildman–Crippen MR) is 81.6 cm³/mol. The highest BCUT2D eigenvalue weighted by Gasteiger charge is 2.48. The first-order chi connectivity index (χ1) is 10.5. The number of hydrogen-bond donors (Lipinski definition) is 0. The summed E-state index contributed by atoms with van der Waals surface area (Å²) in [5.74, 6) is -0.0605. The highest BCUT2D eigenvalue weighted by Crippen LogP contribution is 2.50. The van der Waals surface area contributed by atoms with Gasteiger partial charge in [-0.3, -0.25) is 14.4 Å². The van der Waals surface area contributed by atoms with E-state index in [0.717, 1.165) is 31.4 Å². The molecule has 0 aromatic carbocycles. The molecule has 1 saturated carbocycles. The summed E-state index contributed by atoms with van der Waals surface area (Å²) < 4.78 is 1.97. The largest absolute Gasteiger partial charge is 0.338 e. The van der Waals surface area contributed by atoms with Crippen molar-refractivity contribution in [2.75, 3.05) is 0 Å². The molecule has 0 amide bonds. The quantitative estimate of drug-likeness (QED) is 0.797.